The zero-order chi connectivity index (χ0) is 13.6. The van der Waals surface area contributed by atoms with Gasteiger partial charge in [-0.2, -0.15) is 0 Å². The maximum Gasteiger partial charge on any atom is 0.296 e. The maximum atomic E-state index is 11.5. The third kappa shape index (κ3) is 2.35. The molecule has 1 heterocycles. The first-order valence-corrected chi connectivity index (χ1v) is 8.31. The van der Waals surface area contributed by atoms with E-state index in [1.54, 1.807) is 22.8 Å². The Hall–Kier alpha value is -1.11. The molecule has 0 atom stereocenters. The lowest BCUT2D eigenvalue weighted by Gasteiger charge is -2.08. The normalized spacial score (nSPS) is 15.7. The van der Waals surface area contributed by atoms with Crippen LogP contribution in [0.25, 0.3) is 11.4 Å². The summed E-state index contributed by atoms with van der Waals surface area (Å²) in [5, 5.41) is 7.92. The summed E-state index contributed by atoms with van der Waals surface area (Å²) in [6.07, 6.45) is 1.77. The lowest BCUT2D eigenvalue weighted by molar-refractivity contribution is 0.579. The topological polar surface area (TPSA) is 64.8 Å². The molecule has 0 amide bonds. The van der Waals surface area contributed by atoms with Gasteiger partial charge in [0.15, 0.2) is 5.82 Å². The molecule has 0 unspecified atom stereocenters. The van der Waals surface area contributed by atoms with Crippen LogP contribution >= 0.6 is 22.3 Å². The molecule has 0 saturated heterocycles. The maximum absolute atomic E-state index is 11.5. The second-order valence-electron chi connectivity index (χ2n) is 4.33. The molecule has 5 nitrogen and oxygen atoms in total. The monoisotopic (exact) mass is 317 g/mol. The number of aromatic nitrogens is 3. The van der Waals surface area contributed by atoms with Crippen LogP contribution in [0, 0.1) is 0 Å². The molecular weight excluding hydrogens is 309 g/mol. The molecule has 1 aliphatic rings. The minimum absolute atomic E-state index is 0.0739. The number of rotatable bonds is 3. The van der Waals surface area contributed by atoms with Crippen molar-refractivity contribution in [1.82, 2.24) is 14.8 Å². The first kappa shape index (κ1) is 12.9. The summed E-state index contributed by atoms with van der Waals surface area (Å²) in [4.78, 5) is 0. The van der Waals surface area contributed by atoms with Crippen molar-refractivity contribution in [3.63, 3.8) is 0 Å². The third-order valence-corrected chi connectivity index (χ3v) is 4.37. The number of hydrogen-bond donors (Lipinski definition) is 0. The highest BCUT2D eigenvalue weighted by atomic mass is 35.7. The fraction of sp³-hybridized carbons (Fsp3) is 0.273. The van der Waals surface area contributed by atoms with Crippen LogP contribution in [0.2, 0.25) is 5.02 Å². The van der Waals surface area contributed by atoms with E-state index in [9.17, 15) is 8.42 Å². The highest BCUT2D eigenvalue weighted by Gasteiger charge is 2.34. The van der Waals surface area contributed by atoms with E-state index in [1.165, 1.54) is 0 Å². The van der Waals surface area contributed by atoms with Gasteiger partial charge in [-0.1, -0.05) is 23.7 Å². The summed E-state index contributed by atoms with van der Waals surface area (Å²) in [6, 6.07) is 7.17. The first-order chi connectivity index (χ1) is 8.98. The summed E-state index contributed by atoms with van der Waals surface area (Å²) in [5.74, 6) is 0.437. The van der Waals surface area contributed by atoms with Crippen molar-refractivity contribution in [2.75, 3.05) is 0 Å². The van der Waals surface area contributed by atoms with Crippen molar-refractivity contribution in [3.05, 3.63) is 29.3 Å². The van der Waals surface area contributed by atoms with Gasteiger partial charge in [-0.3, -0.25) is 4.57 Å². The van der Waals surface area contributed by atoms with Crippen molar-refractivity contribution in [1.29, 1.82) is 0 Å². The average Bonchev–Trinajstić information content (AvgIpc) is 3.07. The summed E-state index contributed by atoms with van der Waals surface area (Å²) in [5.41, 5.74) is 0.648. The lowest BCUT2D eigenvalue weighted by atomic mass is 10.2. The van der Waals surface area contributed by atoms with Crippen LogP contribution < -0.4 is 0 Å². The molecule has 1 fully saturated rings. The van der Waals surface area contributed by atoms with Crippen molar-refractivity contribution >= 4 is 31.3 Å². The van der Waals surface area contributed by atoms with Gasteiger partial charge in [0.05, 0.1) is 5.02 Å². The second kappa shape index (κ2) is 4.47. The largest absolute Gasteiger partial charge is 0.296 e. The molecule has 0 bridgehead atoms. The van der Waals surface area contributed by atoms with E-state index in [2.05, 4.69) is 10.2 Å². The van der Waals surface area contributed by atoms with Crippen molar-refractivity contribution in [2.24, 2.45) is 0 Å². The van der Waals surface area contributed by atoms with Gasteiger partial charge >= 0.3 is 0 Å². The summed E-state index contributed by atoms with van der Waals surface area (Å²) >= 11 is 6.12. The van der Waals surface area contributed by atoms with Crippen molar-refractivity contribution in [3.8, 4) is 11.4 Å². The van der Waals surface area contributed by atoms with E-state index in [0.29, 0.717) is 16.4 Å². The van der Waals surface area contributed by atoms with E-state index >= 15 is 0 Å². The zero-order valence-electron chi connectivity index (χ0n) is 9.62. The summed E-state index contributed by atoms with van der Waals surface area (Å²) < 4.78 is 24.6. The molecule has 1 aromatic heterocycles. The molecule has 0 spiro atoms. The molecule has 2 aromatic rings. The average molecular weight is 318 g/mol. The molecule has 1 aliphatic carbocycles. The van der Waals surface area contributed by atoms with Crippen LogP contribution in [0.1, 0.15) is 18.9 Å². The Kier molecular flexibility index (Phi) is 3.03. The fourth-order valence-electron chi connectivity index (χ4n) is 1.93. The first-order valence-electron chi connectivity index (χ1n) is 5.63. The molecule has 100 valence electrons. The van der Waals surface area contributed by atoms with Crippen LogP contribution in [0.3, 0.4) is 0 Å². The SMILES string of the molecule is O=S(=O)(Cl)c1nnc(-c2ccccc2Cl)n1C1CC1. The number of hydrogen-bond acceptors (Lipinski definition) is 4. The second-order valence-corrected chi connectivity index (χ2v) is 7.19. The van der Waals surface area contributed by atoms with Crippen molar-refractivity contribution in [2.45, 2.75) is 24.0 Å². The number of halogens is 2. The van der Waals surface area contributed by atoms with Crippen LogP contribution in [0.5, 0.6) is 0 Å². The van der Waals surface area contributed by atoms with Crippen LogP contribution in [-0.2, 0) is 9.05 Å². The zero-order valence-corrected chi connectivity index (χ0v) is 12.0. The lowest BCUT2D eigenvalue weighted by Crippen LogP contribution is -2.06. The van der Waals surface area contributed by atoms with Gasteiger partial charge in [0.1, 0.15) is 0 Å². The molecule has 0 N–H and O–H groups in total. The Balaban J connectivity index is 2.24. The molecule has 8 heteroatoms. The van der Waals surface area contributed by atoms with Gasteiger partial charge in [-0.15, -0.1) is 10.2 Å². The Morgan fingerprint density at radius 1 is 1.21 bits per heavy atom. The predicted molar refractivity (Wildman–Crippen MR) is 71.8 cm³/mol. The van der Waals surface area contributed by atoms with Gasteiger partial charge in [0.2, 0.25) is 0 Å². The molecule has 0 radical (unpaired) electrons. The van der Waals surface area contributed by atoms with Gasteiger partial charge in [0, 0.05) is 22.3 Å². The van der Waals surface area contributed by atoms with Crippen molar-refractivity contribution < 1.29 is 8.42 Å². The Bertz CT molecular complexity index is 738. The van der Waals surface area contributed by atoms with E-state index < -0.39 is 9.05 Å². The van der Waals surface area contributed by atoms with E-state index in [1.807, 2.05) is 6.07 Å². The molecule has 3 rings (SSSR count). The minimum Gasteiger partial charge on any atom is -0.294 e. The molecule has 1 saturated carbocycles. The Labute approximate surface area is 119 Å². The van der Waals surface area contributed by atoms with Gasteiger partial charge in [0.25, 0.3) is 14.2 Å². The Morgan fingerprint density at radius 3 is 2.47 bits per heavy atom. The van der Waals surface area contributed by atoms with Gasteiger partial charge in [-0.05, 0) is 25.0 Å². The number of nitrogens with zero attached hydrogens (tertiary/aromatic N) is 3. The van der Waals surface area contributed by atoms with Crippen LogP contribution in [0.4, 0.5) is 0 Å². The van der Waals surface area contributed by atoms with Crippen LogP contribution in [0.15, 0.2) is 29.4 Å². The van der Waals surface area contributed by atoms with Gasteiger partial charge < -0.3 is 0 Å². The highest BCUT2D eigenvalue weighted by molar-refractivity contribution is 8.13. The van der Waals surface area contributed by atoms with Gasteiger partial charge in [-0.25, -0.2) is 8.42 Å². The smallest absolute Gasteiger partial charge is 0.294 e. The summed E-state index contributed by atoms with van der Waals surface area (Å²) in [7, 11) is 1.47. The molecule has 1 aromatic carbocycles. The quantitative estimate of drug-likeness (QED) is 0.816. The predicted octanol–water partition coefficient (Wildman–Crippen LogP) is 2.86. The van der Waals surface area contributed by atoms with E-state index in [-0.39, 0.29) is 11.2 Å². The molecule has 19 heavy (non-hydrogen) atoms. The Morgan fingerprint density at radius 2 is 1.89 bits per heavy atom. The van der Waals surface area contributed by atoms with E-state index in [0.717, 1.165) is 12.8 Å². The highest BCUT2D eigenvalue weighted by Crippen LogP contribution is 2.41. The molecule has 0 aliphatic heterocycles. The minimum atomic E-state index is -3.92. The van der Waals surface area contributed by atoms with E-state index in [4.69, 9.17) is 22.3 Å². The fourth-order valence-corrected chi connectivity index (χ4v) is 3.08. The standard InChI is InChI=1S/C11H9Cl2N3O2S/c12-9-4-2-1-3-8(9)10-14-15-11(19(13,17)18)16(10)7-5-6-7/h1-4,7H,5-6H2. The number of benzene rings is 1. The van der Waals surface area contributed by atoms with Crippen LogP contribution in [-0.4, -0.2) is 23.2 Å². The molecular formula is C11H9Cl2N3O2S. The third-order valence-electron chi connectivity index (χ3n) is 2.91. The summed E-state index contributed by atoms with van der Waals surface area (Å²) in [6.45, 7) is 0.